The fourth-order valence-electron chi connectivity index (χ4n) is 0.929. The number of hydrogen-bond donors (Lipinski definition) is 1. The molecule has 0 aliphatic rings. The Balaban J connectivity index is 0. The average molecular weight is 227 g/mol. The maximum Gasteiger partial charge on any atom is 0.118 e. The fraction of sp³-hybridized carbons (Fsp3) is 0.500. The van der Waals surface area contributed by atoms with E-state index < -0.39 is 0 Å². The Morgan fingerprint density at radius 1 is 1.23 bits per heavy atom. The first-order chi connectivity index (χ1) is 5.22. The third-order valence-corrected chi connectivity index (χ3v) is 1.39. The minimum Gasteiger partial charge on any atom is -0.463 e. The fourth-order valence-corrected chi connectivity index (χ4v) is 0.929. The van der Waals surface area contributed by atoms with Gasteiger partial charge in [0, 0.05) is 0 Å². The number of rotatable bonds is 3. The molecule has 1 rings (SSSR count). The number of halogens is 2. The van der Waals surface area contributed by atoms with E-state index in [0.717, 1.165) is 18.1 Å². The zero-order chi connectivity index (χ0) is 8.27. The lowest BCUT2D eigenvalue weighted by Gasteiger charge is -2.05. The number of nitrogens with zero attached hydrogens (tertiary/aromatic N) is 1. The first kappa shape index (κ1) is 15.3. The maximum atomic E-state index is 5.39. The van der Waals surface area contributed by atoms with Crippen molar-refractivity contribution < 1.29 is 4.42 Å². The van der Waals surface area contributed by atoms with Crippen molar-refractivity contribution in [3.63, 3.8) is 0 Å². The van der Waals surface area contributed by atoms with E-state index in [0.29, 0.717) is 6.54 Å². The molecule has 1 aromatic rings. The Hall–Kier alpha value is -0.220. The largest absolute Gasteiger partial charge is 0.463 e. The molecule has 13 heavy (non-hydrogen) atoms. The van der Waals surface area contributed by atoms with Gasteiger partial charge in [-0.25, -0.2) is 0 Å². The van der Waals surface area contributed by atoms with Gasteiger partial charge in [-0.3, -0.25) is 0 Å². The lowest BCUT2D eigenvalue weighted by molar-refractivity contribution is 0.342. The van der Waals surface area contributed by atoms with Gasteiger partial charge in [0.2, 0.25) is 0 Å². The van der Waals surface area contributed by atoms with Crippen molar-refractivity contribution in [1.29, 1.82) is 0 Å². The lowest BCUT2D eigenvalue weighted by atomic mass is 10.4. The molecule has 0 fully saturated rings. The van der Waals surface area contributed by atoms with Crippen molar-refractivity contribution in [2.75, 3.05) is 14.1 Å². The summed E-state index contributed by atoms with van der Waals surface area (Å²) in [4.78, 5) is 2.05. The molecule has 0 radical (unpaired) electrons. The van der Waals surface area contributed by atoms with Gasteiger partial charge in [-0.2, -0.15) is 0 Å². The standard InChI is InChI=1S/C8H14N2O.2ClH/c1-10(2)6-8-4-3-7(5-9)11-8;;/h3-4H,5-6,9H2,1-2H3;2*1H. The van der Waals surface area contributed by atoms with Crippen molar-refractivity contribution in [3.8, 4) is 0 Å². The highest BCUT2D eigenvalue weighted by Gasteiger charge is 2.00. The molecular weight excluding hydrogens is 211 g/mol. The first-order valence-electron chi connectivity index (χ1n) is 3.64. The second-order valence-electron chi connectivity index (χ2n) is 2.81. The Morgan fingerprint density at radius 2 is 1.77 bits per heavy atom. The van der Waals surface area contributed by atoms with E-state index in [1.807, 2.05) is 26.2 Å². The molecule has 0 aliphatic heterocycles. The molecule has 1 heterocycles. The van der Waals surface area contributed by atoms with Crippen LogP contribution in [0.1, 0.15) is 11.5 Å². The van der Waals surface area contributed by atoms with Crippen LogP contribution in [0.15, 0.2) is 16.5 Å². The molecule has 0 unspecified atom stereocenters. The van der Waals surface area contributed by atoms with Gasteiger partial charge in [0.15, 0.2) is 0 Å². The predicted molar refractivity (Wildman–Crippen MR) is 58.5 cm³/mol. The minimum atomic E-state index is 0. The predicted octanol–water partition coefficient (Wildman–Crippen LogP) is 1.64. The molecule has 0 saturated carbocycles. The van der Waals surface area contributed by atoms with E-state index in [4.69, 9.17) is 10.2 Å². The number of nitrogens with two attached hydrogens (primary N) is 1. The van der Waals surface area contributed by atoms with Crippen molar-refractivity contribution in [2.24, 2.45) is 5.73 Å². The lowest BCUT2D eigenvalue weighted by Crippen LogP contribution is -2.09. The van der Waals surface area contributed by atoms with Crippen LogP contribution in [0.25, 0.3) is 0 Å². The highest BCUT2D eigenvalue weighted by Crippen LogP contribution is 2.07. The van der Waals surface area contributed by atoms with Crippen LogP contribution in [0.2, 0.25) is 0 Å². The Morgan fingerprint density at radius 3 is 2.15 bits per heavy atom. The molecule has 0 saturated heterocycles. The van der Waals surface area contributed by atoms with E-state index in [-0.39, 0.29) is 24.8 Å². The first-order valence-corrected chi connectivity index (χ1v) is 3.64. The molecule has 0 spiro atoms. The van der Waals surface area contributed by atoms with Gasteiger partial charge in [0.1, 0.15) is 11.5 Å². The van der Waals surface area contributed by atoms with Crippen LogP contribution in [0.3, 0.4) is 0 Å². The minimum absolute atomic E-state index is 0. The normalized spacial score (nSPS) is 9.23. The average Bonchev–Trinajstić information content (AvgIpc) is 2.34. The summed E-state index contributed by atoms with van der Waals surface area (Å²) >= 11 is 0. The molecule has 78 valence electrons. The molecule has 0 atom stereocenters. The highest BCUT2D eigenvalue weighted by atomic mass is 35.5. The molecule has 0 aromatic carbocycles. The molecule has 0 bridgehead atoms. The van der Waals surface area contributed by atoms with Gasteiger partial charge >= 0.3 is 0 Å². The van der Waals surface area contributed by atoms with Crippen molar-refractivity contribution in [2.45, 2.75) is 13.1 Å². The molecule has 0 amide bonds. The van der Waals surface area contributed by atoms with E-state index in [2.05, 4.69) is 4.90 Å². The van der Waals surface area contributed by atoms with Crippen LogP contribution >= 0.6 is 24.8 Å². The zero-order valence-electron chi connectivity index (χ0n) is 7.82. The summed E-state index contributed by atoms with van der Waals surface area (Å²) in [5, 5.41) is 0. The molecule has 5 heteroatoms. The monoisotopic (exact) mass is 226 g/mol. The van der Waals surface area contributed by atoms with Crippen LogP contribution in [0.5, 0.6) is 0 Å². The van der Waals surface area contributed by atoms with Gasteiger partial charge in [-0.1, -0.05) is 0 Å². The second-order valence-corrected chi connectivity index (χ2v) is 2.81. The zero-order valence-corrected chi connectivity index (χ0v) is 9.45. The second kappa shape index (κ2) is 7.21. The smallest absolute Gasteiger partial charge is 0.118 e. The molecule has 3 nitrogen and oxygen atoms in total. The summed E-state index contributed by atoms with van der Waals surface area (Å²) < 4.78 is 5.38. The van der Waals surface area contributed by atoms with Crippen LogP contribution in [-0.4, -0.2) is 19.0 Å². The van der Waals surface area contributed by atoms with Crippen molar-refractivity contribution >= 4 is 24.8 Å². The molecule has 0 aliphatic carbocycles. The van der Waals surface area contributed by atoms with Crippen LogP contribution in [-0.2, 0) is 13.1 Å². The van der Waals surface area contributed by atoms with E-state index in [1.54, 1.807) is 0 Å². The van der Waals surface area contributed by atoms with E-state index in [9.17, 15) is 0 Å². The topological polar surface area (TPSA) is 42.4 Å². The van der Waals surface area contributed by atoms with Gasteiger partial charge in [-0.05, 0) is 26.2 Å². The van der Waals surface area contributed by atoms with Gasteiger partial charge in [-0.15, -0.1) is 24.8 Å². The molecule has 2 N–H and O–H groups in total. The molecule has 1 aromatic heterocycles. The Bertz CT molecular complexity index is 226. The Kier molecular flexibility index (Phi) is 8.46. The Labute approximate surface area is 91.1 Å². The van der Waals surface area contributed by atoms with E-state index >= 15 is 0 Å². The van der Waals surface area contributed by atoms with Gasteiger partial charge in [0.25, 0.3) is 0 Å². The van der Waals surface area contributed by atoms with Gasteiger partial charge < -0.3 is 15.1 Å². The van der Waals surface area contributed by atoms with E-state index in [1.165, 1.54) is 0 Å². The maximum absolute atomic E-state index is 5.39. The van der Waals surface area contributed by atoms with Crippen LogP contribution in [0.4, 0.5) is 0 Å². The summed E-state index contributed by atoms with van der Waals surface area (Å²) in [6, 6.07) is 3.88. The van der Waals surface area contributed by atoms with Crippen LogP contribution in [0, 0.1) is 0 Å². The van der Waals surface area contributed by atoms with Gasteiger partial charge in [0.05, 0.1) is 13.1 Å². The third kappa shape index (κ3) is 5.16. The number of furan rings is 1. The quantitative estimate of drug-likeness (QED) is 0.853. The summed E-state index contributed by atoms with van der Waals surface area (Å²) in [6.45, 7) is 1.31. The number of hydrogen-bond acceptors (Lipinski definition) is 3. The van der Waals surface area contributed by atoms with Crippen molar-refractivity contribution in [1.82, 2.24) is 4.90 Å². The summed E-state index contributed by atoms with van der Waals surface area (Å²) in [5.41, 5.74) is 5.39. The third-order valence-electron chi connectivity index (χ3n) is 1.39. The summed E-state index contributed by atoms with van der Waals surface area (Å²) in [5.74, 6) is 1.82. The SMILES string of the molecule is CN(C)Cc1ccc(CN)o1.Cl.Cl. The summed E-state index contributed by atoms with van der Waals surface area (Å²) in [7, 11) is 4.01. The van der Waals surface area contributed by atoms with Crippen molar-refractivity contribution in [3.05, 3.63) is 23.7 Å². The molecular formula is C8H16Cl2N2O. The van der Waals surface area contributed by atoms with Crippen LogP contribution < -0.4 is 5.73 Å². The summed E-state index contributed by atoms with van der Waals surface area (Å²) in [6.07, 6.45) is 0. The highest BCUT2D eigenvalue weighted by molar-refractivity contribution is 5.85.